The average Bonchev–Trinajstić information content (AvgIpc) is 2.96. The molecule has 39 heavy (non-hydrogen) atoms. The van der Waals surface area contributed by atoms with E-state index in [1.807, 2.05) is 6.07 Å². The van der Waals surface area contributed by atoms with Gasteiger partial charge in [-0.25, -0.2) is 8.42 Å². The number of anilines is 1. The zero-order chi connectivity index (χ0) is 27.2. The second-order valence-corrected chi connectivity index (χ2v) is 12.2. The molecule has 0 aliphatic carbocycles. The minimum atomic E-state index is -3.76. The monoisotopic (exact) mass is 556 g/mol. The molecule has 3 aliphatic heterocycles. The maximum atomic E-state index is 13.1. The van der Waals surface area contributed by atoms with Crippen molar-refractivity contribution < 1.29 is 27.5 Å². The molecule has 2 saturated heterocycles. The van der Waals surface area contributed by atoms with Gasteiger partial charge in [-0.1, -0.05) is 30.3 Å². The fraction of sp³-hybridized carbons (Fsp3) is 0.500. The zero-order valence-electron chi connectivity index (χ0n) is 22.1. The van der Waals surface area contributed by atoms with Gasteiger partial charge in [-0.3, -0.25) is 14.5 Å². The summed E-state index contributed by atoms with van der Waals surface area (Å²) in [6, 6.07) is 15.0. The van der Waals surface area contributed by atoms with Crippen LogP contribution in [0.5, 0.6) is 5.75 Å². The first kappa shape index (κ1) is 27.6. The number of benzene rings is 2. The molecule has 0 spiro atoms. The van der Waals surface area contributed by atoms with Crippen molar-refractivity contribution in [1.29, 1.82) is 0 Å². The normalized spacial score (nSPS) is 19.4. The predicted octanol–water partition coefficient (Wildman–Crippen LogP) is 1.50. The molecule has 2 fully saturated rings. The average molecular weight is 557 g/mol. The summed E-state index contributed by atoms with van der Waals surface area (Å²) in [7, 11) is -3.76. The van der Waals surface area contributed by atoms with E-state index in [1.54, 1.807) is 6.07 Å². The quantitative estimate of drug-likeness (QED) is 0.499. The first-order chi connectivity index (χ1) is 18.9. The number of sulfonamides is 1. The number of morpholine rings is 1. The van der Waals surface area contributed by atoms with Crippen LogP contribution in [0.2, 0.25) is 0 Å². The van der Waals surface area contributed by atoms with Crippen molar-refractivity contribution in [2.75, 3.05) is 70.5 Å². The lowest BCUT2D eigenvalue weighted by Crippen LogP contribution is -2.47. The number of rotatable bonds is 9. The van der Waals surface area contributed by atoms with Crippen molar-refractivity contribution in [3.8, 4) is 5.75 Å². The number of likely N-dealkylation sites (tertiary alicyclic amines) is 1. The minimum absolute atomic E-state index is 0.0579. The van der Waals surface area contributed by atoms with E-state index >= 15 is 0 Å². The second kappa shape index (κ2) is 12.5. The molecule has 0 aromatic heterocycles. The van der Waals surface area contributed by atoms with Gasteiger partial charge >= 0.3 is 0 Å². The summed E-state index contributed by atoms with van der Waals surface area (Å²) in [5.74, 6) is 0.375. The Hall–Kier alpha value is -2.99. The SMILES string of the molecule is O=C(CN1C(=O)COc2ccc(S(=O)(=O)N3CCOCC3)cc21)NCCN1CCC(Cc2ccccc2)CC1. The highest BCUT2D eigenvalue weighted by Crippen LogP contribution is 2.35. The van der Waals surface area contributed by atoms with E-state index in [0.717, 1.165) is 38.9 Å². The Morgan fingerprint density at radius 3 is 2.49 bits per heavy atom. The molecule has 2 aromatic rings. The van der Waals surface area contributed by atoms with Gasteiger partial charge in [0.2, 0.25) is 15.9 Å². The third-order valence-corrected chi connectivity index (χ3v) is 9.50. The van der Waals surface area contributed by atoms with Crippen molar-refractivity contribution in [2.45, 2.75) is 24.2 Å². The van der Waals surface area contributed by atoms with Gasteiger partial charge in [-0.05, 0) is 62.0 Å². The van der Waals surface area contributed by atoms with E-state index in [9.17, 15) is 18.0 Å². The molecular weight excluding hydrogens is 520 g/mol. The fourth-order valence-electron chi connectivity index (χ4n) is 5.37. The van der Waals surface area contributed by atoms with Crippen LogP contribution in [0.3, 0.4) is 0 Å². The van der Waals surface area contributed by atoms with E-state index in [2.05, 4.69) is 34.5 Å². The maximum absolute atomic E-state index is 13.1. The highest BCUT2D eigenvalue weighted by Gasteiger charge is 2.32. The van der Waals surface area contributed by atoms with Crippen LogP contribution in [-0.4, -0.2) is 95.1 Å². The smallest absolute Gasteiger partial charge is 0.265 e. The molecule has 0 saturated carbocycles. The summed E-state index contributed by atoms with van der Waals surface area (Å²) in [5, 5.41) is 2.92. The number of fused-ring (bicyclic) bond motifs is 1. The van der Waals surface area contributed by atoms with Crippen molar-refractivity contribution >= 4 is 27.5 Å². The Kier molecular flexibility index (Phi) is 8.81. The van der Waals surface area contributed by atoms with Crippen molar-refractivity contribution in [2.24, 2.45) is 5.92 Å². The number of nitrogens with zero attached hydrogens (tertiary/aromatic N) is 3. The molecule has 2 amide bonds. The van der Waals surface area contributed by atoms with E-state index < -0.39 is 10.0 Å². The Bertz CT molecular complexity index is 1260. The first-order valence-electron chi connectivity index (χ1n) is 13.6. The lowest BCUT2D eigenvalue weighted by Gasteiger charge is -2.32. The van der Waals surface area contributed by atoms with Crippen LogP contribution in [0, 0.1) is 5.92 Å². The predicted molar refractivity (Wildman–Crippen MR) is 146 cm³/mol. The highest BCUT2D eigenvalue weighted by molar-refractivity contribution is 7.89. The third kappa shape index (κ3) is 6.78. The molecule has 3 heterocycles. The van der Waals surface area contributed by atoms with Crippen LogP contribution in [0.4, 0.5) is 5.69 Å². The maximum Gasteiger partial charge on any atom is 0.265 e. The van der Waals surface area contributed by atoms with E-state index in [-0.39, 0.29) is 48.6 Å². The van der Waals surface area contributed by atoms with Crippen LogP contribution < -0.4 is 15.0 Å². The molecule has 0 radical (unpaired) electrons. The number of hydrogen-bond donors (Lipinski definition) is 1. The highest BCUT2D eigenvalue weighted by atomic mass is 32.2. The van der Waals surface area contributed by atoms with Crippen molar-refractivity contribution in [3.05, 3.63) is 54.1 Å². The number of hydrogen-bond acceptors (Lipinski definition) is 7. The fourth-order valence-corrected chi connectivity index (χ4v) is 6.79. The topological polar surface area (TPSA) is 108 Å². The third-order valence-electron chi connectivity index (χ3n) is 7.61. The van der Waals surface area contributed by atoms with Gasteiger partial charge < -0.3 is 19.7 Å². The summed E-state index contributed by atoms with van der Waals surface area (Å²) < 4.78 is 38.4. The summed E-state index contributed by atoms with van der Waals surface area (Å²) in [6.45, 7) is 4.05. The van der Waals surface area contributed by atoms with Crippen LogP contribution in [-0.2, 0) is 30.8 Å². The Morgan fingerprint density at radius 1 is 1.00 bits per heavy atom. The molecule has 0 unspecified atom stereocenters. The molecule has 11 heteroatoms. The molecule has 3 aliphatic rings. The van der Waals surface area contributed by atoms with E-state index in [4.69, 9.17) is 9.47 Å². The summed E-state index contributed by atoms with van der Waals surface area (Å²) >= 11 is 0. The van der Waals surface area contributed by atoms with Gasteiger partial charge in [-0.15, -0.1) is 0 Å². The number of amides is 2. The van der Waals surface area contributed by atoms with Crippen LogP contribution >= 0.6 is 0 Å². The molecule has 0 bridgehead atoms. The van der Waals surface area contributed by atoms with E-state index in [0.29, 0.717) is 31.4 Å². The molecule has 1 N–H and O–H groups in total. The molecule has 10 nitrogen and oxygen atoms in total. The van der Waals surface area contributed by atoms with Crippen molar-refractivity contribution in [1.82, 2.24) is 14.5 Å². The van der Waals surface area contributed by atoms with E-state index in [1.165, 1.54) is 26.9 Å². The lowest BCUT2D eigenvalue weighted by atomic mass is 9.90. The van der Waals surface area contributed by atoms with Crippen LogP contribution in [0.1, 0.15) is 18.4 Å². The van der Waals surface area contributed by atoms with Gasteiger partial charge in [0, 0.05) is 26.2 Å². The van der Waals surface area contributed by atoms with Gasteiger partial charge in [0.1, 0.15) is 12.3 Å². The summed E-state index contributed by atoms with van der Waals surface area (Å²) in [4.78, 5) is 29.2. The molecule has 2 aromatic carbocycles. The van der Waals surface area contributed by atoms with Gasteiger partial charge in [0.05, 0.1) is 23.8 Å². The number of carbonyl (C=O) groups is 2. The lowest BCUT2D eigenvalue weighted by molar-refractivity contribution is -0.125. The largest absolute Gasteiger partial charge is 0.482 e. The number of nitrogens with one attached hydrogen (secondary N) is 1. The first-order valence-corrected chi connectivity index (χ1v) is 15.0. The molecule has 0 atom stereocenters. The Morgan fingerprint density at radius 2 is 1.74 bits per heavy atom. The Labute approximate surface area is 229 Å². The summed E-state index contributed by atoms with van der Waals surface area (Å²) in [5.41, 5.74) is 1.67. The summed E-state index contributed by atoms with van der Waals surface area (Å²) in [6.07, 6.45) is 3.38. The minimum Gasteiger partial charge on any atom is -0.482 e. The van der Waals surface area contributed by atoms with Gasteiger partial charge in [0.25, 0.3) is 5.91 Å². The molecule has 210 valence electrons. The number of piperidine rings is 1. The van der Waals surface area contributed by atoms with Crippen LogP contribution in [0.25, 0.3) is 0 Å². The molecular formula is C28H36N4O6S. The van der Waals surface area contributed by atoms with Crippen LogP contribution in [0.15, 0.2) is 53.4 Å². The Balaban J connectivity index is 1.13. The van der Waals surface area contributed by atoms with Gasteiger partial charge in [-0.2, -0.15) is 4.31 Å². The zero-order valence-corrected chi connectivity index (χ0v) is 22.9. The second-order valence-electron chi connectivity index (χ2n) is 10.2. The standard InChI is InChI=1S/C28H36N4O6S/c33-27(29-10-13-30-11-8-23(9-12-30)18-22-4-2-1-3-5-22)20-32-25-19-24(6-7-26(25)38-21-28(32)34)39(35,36)31-14-16-37-17-15-31/h1-7,19,23H,8-18,20-21H2,(H,29,33). The number of ether oxygens (including phenoxy) is 2. The number of carbonyl (C=O) groups excluding carboxylic acids is 2. The molecule has 5 rings (SSSR count). The van der Waals surface area contributed by atoms with Crippen molar-refractivity contribution in [3.63, 3.8) is 0 Å². The van der Waals surface area contributed by atoms with Gasteiger partial charge in [0.15, 0.2) is 6.61 Å².